The summed E-state index contributed by atoms with van der Waals surface area (Å²) < 4.78 is 14.3. The first kappa shape index (κ1) is 14.9. The average molecular weight is 325 g/mol. The predicted molar refractivity (Wildman–Crippen MR) is 85.7 cm³/mol. The molecule has 0 aliphatic heterocycles. The number of aryl methyl sites for hydroxylation is 2. The third-order valence-electron chi connectivity index (χ3n) is 3.81. The Hall–Kier alpha value is -0.970. The number of halogens is 2. The van der Waals surface area contributed by atoms with Crippen molar-refractivity contribution in [2.24, 2.45) is 0 Å². The van der Waals surface area contributed by atoms with Crippen molar-refractivity contribution < 1.29 is 4.39 Å². The summed E-state index contributed by atoms with van der Waals surface area (Å²) >= 11 is 7.64. The van der Waals surface area contributed by atoms with E-state index in [2.05, 4.69) is 5.32 Å². The fourth-order valence-corrected chi connectivity index (χ4v) is 4.20. The van der Waals surface area contributed by atoms with Gasteiger partial charge in [-0.2, -0.15) is 0 Å². The number of hydrogen-bond acceptors (Lipinski definition) is 3. The maximum Gasteiger partial charge on any atom is 0.146 e. The minimum absolute atomic E-state index is 0.164. The van der Waals surface area contributed by atoms with Gasteiger partial charge in [-0.1, -0.05) is 30.7 Å². The van der Waals surface area contributed by atoms with Gasteiger partial charge in [-0.15, -0.1) is 11.3 Å². The van der Waals surface area contributed by atoms with E-state index in [-0.39, 0.29) is 16.9 Å². The van der Waals surface area contributed by atoms with E-state index in [9.17, 15) is 4.39 Å². The van der Waals surface area contributed by atoms with Crippen LogP contribution < -0.4 is 5.32 Å². The summed E-state index contributed by atoms with van der Waals surface area (Å²) in [5.41, 5.74) is 1.78. The Bertz CT molecular complexity index is 618. The van der Waals surface area contributed by atoms with Crippen molar-refractivity contribution in [3.63, 3.8) is 0 Å². The molecule has 0 radical (unpaired) electrons. The molecule has 1 aliphatic rings. The zero-order valence-electron chi connectivity index (χ0n) is 12.0. The molecule has 2 aromatic rings. The molecule has 1 N–H and O–H groups in total. The average Bonchev–Trinajstić information content (AvgIpc) is 2.91. The standard InChI is InChI=1S/C16H18ClFN2S/c1-2-19-15(10-6-5-7-11(17)14(10)18)16-20-12-8-3-4-9-13(12)21-16/h5-7,15,19H,2-4,8-9H2,1H3. The Labute approximate surface area is 133 Å². The van der Waals surface area contributed by atoms with Crippen LogP contribution in [0.4, 0.5) is 4.39 Å². The number of aromatic nitrogens is 1. The fraction of sp³-hybridized carbons (Fsp3) is 0.438. The fourth-order valence-electron chi connectivity index (χ4n) is 2.77. The van der Waals surface area contributed by atoms with Crippen molar-refractivity contribution in [3.05, 3.63) is 50.2 Å². The molecule has 0 bridgehead atoms. The van der Waals surface area contributed by atoms with Gasteiger partial charge in [-0.05, 0) is 38.3 Å². The van der Waals surface area contributed by atoms with E-state index in [1.807, 2.05) is 6.92 Å². The van der Waals surface area contributed by atoms with Crippen LogP contribution in [0.15, 0.2) is 18.2 Å². The van der Waals surface area contributed by atoms with Crippen molar-refractivity contribution in [1.82, 2.24) is 10.3 Å². The first-order valence-corrected chi connectivity index (χ1v) is 8.56. The van der Waals surface area contributed by atoms with Crippen LogP contribution in [0, 0.1) is 5.82 Å². The third kappa shape index (κ3) is 2.98. The predicted octanol–water partition coefficient (Wildman–Crippen LogP) is 4.51. The number of thiazole rings is 1. The first-order chi connectivity index (χ1) is 10.2. The van der Waals surface area contributed by atoms with Crippen LogP contribution in [-0.4, -0.2) is 11.5 Å². The Balaban J connectivity index is 2.01. The highest BCUT2D eigenvalue weighted by molar-refractivity contribution is 7.11. The summed E-state index contributed by atoms with van der Waals surface area (Å²) in [7, 11) is 0. The molecule has 0 fully saturated rings. The van der Waals surface area contributed by atoms with Crippen LogP contribution in [-0.2, 0) is 12.8 Å². The van der Waals surface area contributed by atoms with E-state index in [1.54, 1.807) is 29.5 Å². The van der Waals surface area contributed by atoms with Crippen molar-refractivity contribution >= 4 is 22.9 Å². The van der Waals surface area contributed by atoms with Gasteiger partial charge in [0.25, 0.3) is 0 Å². The molecule has 1 atom stereocenters. The van der Waals surface area contributed by atoms with Crippen LogP contribution in [0.5, 0.6) is 0 Å². The topological polar surface area (TPSA) is 24.9 Å². The van der Waals surface area contributed by atoms with Crippen LogP contribution >= 0.6 is 22.9 Å². The lowest BCUT2D eigenvalue weighted by molar-refractivity contribution is 0.556. The molecule has 21 heavy (non-hydrogen) atoms. The summed E-state index contributed by atoms with van der Waals surface area (Å²) in [6.45, 7) is 2.77. The van der Waals surface area contributed by atoms with E-state index < -0.39 is 0 Å². The van der Waals surface area contributed by atoms with Crippen LogP contribution in [0.25, 0.3) is 0 Å². The van der Waals surface area contributed by atoms with Gasteiger partial charge in [-0.3, -0.25) is 0 Å². The number of fused-ring (bicyclic) bond motifs is 1. The first-order valence-electron chi connectivity index (χ1n) is 7.36. The summed E-state index contributed by atoms with van der Waals surface area (Å²) in [5, 5.41) is 4.45. The second-order valence-electron chi connectivity index (χ2n) is 5.26. The minimum atomic E-state index is -0.349. The number of nitrogens with one attached hydrogen (secondary N) is 1. The number of hydrogen-bond donors (Lipinski definition) is 1. The maximum atomic E-state index is 14.3. The molecule has 0 saturated heterocycles. The monoisotopic (exact) mass is 324 g/mol. The van der Waals surface area contributed by atoms with E-state index in [0.717, 1.165) is 24.4 Å². The molecule has 1 aromatic heterocycles. The normalized spacial score (nSPS) is 15.8. The zero-order chi connectivity index (χ0) is 14.8. The smallest absolute Gasteiger partial charge is 0.146 e. The molecule has 0 spiro atoms. The van der Waals surface area contributed by atoms with Crippen molar-refractivity contribution in [2.45, 2.75) is 38.6 Å². The Morgan fingerprint density at radius 3 is 2.95 bits per heavy atom. The van der Waals surface area contributed by atoms with Gasteiger partial charge >= 0.3 is 0 Å². The highest BCUT2D eigenvalue weighted by atomic mass is 35.5. The third-order valence-corrected chi connectivity index (χ3v) is 5.32. The summed E-state index contributed by atoms with van der Waals surface area (Å²) in [6, 6.07) is 4.94. The molecule has 1 aromatic carbocycles. The van der Waals surface area contributed by atoms with Gasteiger partial charge in [0.1, 0.15) is 10.8 Å². The Kier molecular flexibility index (Phi) is 4.57. The molecule has 0 saturated carbocycles. The highest BCUT2D eigenvalue weighted by Crippen LogP contribution is 2.34. The van der Waals surface area contributed by atoms with Crippen LogP contribution in [0.1, 0.15) is 46.9 Å². The number of benzene rings is 1. The summed E-state index contributed by atoms with van der Waals surface area (Å²) in [5.74, 6) is -0.349. The van der Waals surface area contributed by atoms with Crippen molar-refractivity contribution in [1.29, 1.82) is 0 Å². The maximum absolute atomic E-state index is 14.3. The van der Waals surface area contributed by atoms with Gasteiger partial charge < -0.3 is 5.32 Å². The SMILES string of the molecule is CCNC(c1nc2c(s1)CCCC2)c1cccc(Cl)c1F. The van der Waals surface area contributed by atoms with Crippen molar-refractivity contribution in [2.75, 3.05) is 6.54 Å². The lowest BCUT2D eigenvalue weighted by atomic mass is 10.0. The Morgan fingerprint density at radius 1 is 1.38 bits per heavy atom. The van der Waals surface area contributed by atoms with Crippen LogP contribution in [0.2, 0.25) is 5.02 Å². The molecule has 3 rings (SSSR count). The molecule has 2 nitrogen and oxygen atoms in total. The molecule has 1 aliphatic carbocycles. The van der Waals surface area contributed by atoms with Gasteiger partial charge in [0.05, 0.1) is 16.8 Å². The zero-order valence-corrected chi connectivity index (χ0v) is 13.5. The van der Waals surface area contributed by atoms with Gasteiger partial charge in [0, 0.05) is 10.4 Å². The molecule has 112 valence electrons. The second-order valence-corrected chi connectivity index (χ2v) is 6.79. The van der Waals surface area contributed by atoms with Crippen LogP contribution in [0.3, 0.4) is 0 Å². The molecule has 1 heterocycles. The lowest BCUT2D eigenvalue weighted by Gasteiger charge is -2.17. The number of rotatable bonds is 4. The summed E-state index contributed by atoms with van der Waals surface area (Å²) in [4.78, 5) is 6.13. The Morgan fingerprint density at radius 2 is 2.19 bits per heavy atom. The van der Waals surface area contributed by atoms with E-state index in [0.29, 0.717) is 5.56 Å². The largest absolute Gasteiger partial charge is 0.304 e. The van der Waals surface area contributed by atoms with Gasteiger partial charge in [-0.25, -0.2) is 9.37 Å². The molecular formula is C16H18ClFN2S. The quantitative estimate of drug-likeness (QED) is 0.894. The second kappa shape index (κ2) is 6.42. The van der Waals surface area contributed by atoms with Gasteiger partial charge in [0.15, 0.2) is 0 Å². The van der Waals surface area contributed by atoms with Gasteiger partial charge in [0.2, 0.25) is 0 Å². The van der Waals surface area contributed by atoms with E-state index >= 15 is 0 Å². The molecule has 5 heteroatoms. The molecular weight excluding hydrogens is 307 g/mol. The molecule has 0 amide bonds. The number of nitrogens with zero attached hydrogens (tertiary/aromatic N) is 1. The minimum Gasteiger partial charge on any atom is -0.304 e. The summed E-state index contributed by atoms with van der Waals surface area (Å²) in [6.07, 6.45) is 4.58. The lowest BCUT2D eigenvalue weighted by Crippen LogP contribution is -2.23. The molecule has 1 unspecified atom stereocenters. The van der Waals surface area contributed by atoms with E-state index in [1.165, 1.54) is 23.4 Å². The van der Waals surface area contributed by atoms with E-state index in [4.69, 9.17) is 16.6 Å². The van der Waals surface area contributed by atoms with Crippen molar-refractivity contribution in [3.8, 4) is 0 Å². The highest BCUT2D eigenvalue weighted by Gasteiger charge is 2.24.